The lowest BCUT2D eigenvalue weighted by Gasteiger charge is -2.06. The van der Waals surface area contributed by atoms with Crippen LogP contribution < -0.4 is 0 Å². The van der Waals surface area contributed by atoms with E-state index in [1.54, 1.807) is 0 Å². The zero-order chi connectivity index (χ0) is 21.8. The van der Waals surface area contributed by atoms with Gasteiger partial charge in [0.15, 0.2) is 0 Å². The van der Waals surface area contributed by atoms with Crippen LogP contribution in [-0.4, -0.2) is 21.5 Å². The van der Waals surface area contributed by atoms with Gasteiger partial charge in [0.05, 0.1) is 11.0 Å². The SMILES string of the molecule is c1ccc2c(SCCCCCCCCCCSc3ccnc4ccccc34)ccnc2c1. The lowest BCUT2D eigenvalue weighted by atomic mass is 10.1. The van der Waals surface area contributed by atoms with Gasteiger partial charge < -0.3 is 0 Å². The molecular weight excluding hydrogens is 428 g/mol. The number of pyridine rings is 2. The smallest absolute Gasteiger partial charge is 0.0713 e. The first-order valence-corrected chi connectivity index (χ1v) is 13.8. The van der Waals surface area contributed by atoms with Gasteiger partial charge in [-0.1, -0.05) is 74.9 Å². The molecule has 0 saturated carbocycles. The summed E-state index contributed by atoms with van der Waals surface area (Å²) in [7, 11) is 0. The van der Waals surface area contributed by atoms with E-state index in [2.05, 4.69) is 70.6 Å². The fourth-order valence-corrected chi connectivity index (χ4v) is 6.13. The quantitative estimate of drug-likeness (QED) is 0.147. The largest absolute Gasteiger partial charge is 0.256 e. The number of fused-ring (bicyclic) bond motifs is 2. The van der Waals surface area contributed by atoms with Gasteiger partial charge in [-0.05, 0) is 48.6 Å². The highest BCUT2D eigenvalue weighted by molar-refractivity contribution is 7.99. The van der Waals surface area contributed by atoms with Gasteiger partial charge in [0.1, 0.15) is 0 Å². The Morgan fingerprint density at radius 1 is 0.469 bits per heavy atom. The minimum absolute atomic E-state index is 1.10. The van der Waals surface area contributed by atoms with Crippen LogP contribution in [0.5, 0.6) is 0 Å². The number of rotatable bonds is 13. The summed E-state index contributed by atoms with van der Waals surface area (Å²) in [5.74, 6) is 2.41. The molecule has 0 fully saturated rings. The van der Waals surface area contributed by atoms with Crippen LogP contribution in [-0.2, 0) is 0 Å². The molecule has 4 rings (SSSR count). The van der Waals surface area contributed by atoms with E-state index in [0.717, 1.165) is 11.0 Å². The Kier molecular flexibility index (Phi) is 9.29. The highest BCUT2D eigenvalue weighted by Crippen LogP contribution is 2.28. The summed E-state index contributed by atoms with van der Waals surface area (Å²) in [5, 5.41) is 2.57. The molecule has 0 aliphatic carbocycles. The number of hydrogen-bond donors (Lipinski definition) is 0. The van der Waals surface area contributed by atoms with Gasteiger partial charge in [0.2, 0.25) is 0 Å². The summed E-state index contributed by atoms with van der Waals surface area (Å²) in [6, 6.07) is 21.2. The van der Waals surface area contributed by atoms with Gasteiger partial charge in [-0.15, -0.1) is 23.5 Å². The van der Waals surface area contributed by atoms with Crippen molar-refractivity contribution in [2.45, 2.75) is 61.2 Å². The fraction of sp³-hybridized carbons (Fsp3) is 0.357. The Morgan fingerprint density at radius 3 is 1.34 bits per heavy atom. The second-order valence-corrected chi connectivity index (χ2v) is 10.5. The zero-order valence-electron chi connectivity index (χ0n) is 18.7. The predicted molar refractivity (Wildman–Crippen MR) is 142 cm³/mol. The lowest BCUT2D eigenvalue weighted by molar-refractivity contribution is 0.587. The molecule has 2 heterocycles. The second kappa shape index (κ2) is 12.9. The van der Waals surface area contributed by atoms with Crippen molar-refractivity contribution in [3.05, 3.63) is 73.1 Å². The van der Waals surface area contributed by atoms with Crippen LogP contribution in [0, 0.1) is 0 Å². The topological polar surface area (TPSA) is 25.8 Å². The summed E-state index contributed by atoms with van der Waals surface area (Å²) in [4.78, 5) is 11.7. The summed E-state index contributed by atoms with van der Waals surface area (Å²) < 4.78 is 0. The van der Waals surface area contributed by atoms with Crippen molar-refractivity contribution >= 4 is 45.3 Å². The Labute approximate surface area is 200 Å². The molecule has 2 aromatic carbocycles. The van der Waals surface area contributed by atoms with Crippen LogP contribution in [0.1, 0.15) is 51.4 Å². The Balaban J connectivity index is 1.02. The molecule has 0 bridgehead atoms. The third-order valence-corrected chi connectivity index (χ3v) is 8.09. The van der Waals surface area contributed by atoms with Crippen molar-refractivity contribution in [3.63, 3.8) is 0 Å². The first-order chi connectivity index (χ1) is 15.9. The number of hydrogen-bond acceptors (Lipinski definition) is 4. The van der Waals surface area contributed by atoms with Crippen LogP contribution in [0.2, 0.25) is 0 Å². The molecule has 0 aliphatic heterocycles. The molecule has 4 aromatic rings. The van der Waals surface area contributed by atoms with Gasteiger partial charge >= 0.3 is 0 Å². The first kappa shape index (κ1) is 23.1. The average Bonchev–Trinajstić information content (AvgIpc) is 2.85. The first-order valence-electron chi connectivity index (χ1n) is 11.8. The molecule has 0 saturated heterocycles. The van der Waals surface area contributed by atoms with E-state index < -0.39 is 0 Å². The molecule has 4 heteroatoms. The summed E-state index contributed by atoms with van der Waals surface area (Å²) in [6.45, 7) is 0. The molecule has 0 amide bonds. The maximum absolute atomic E-state index is 4.46. The van der Waals surface area contributed by atoms with Crippen molar-refractivity contribution < 1.29 is 0 Å². The average molecular weight is 461 g/mol. The standard InChI is InChI=1S/C28H32N2S2/c1(3-5-11-21-31-27-17-19-29-25-15-9-7-13-23(25)27)2-4-6-12-22-32-28-18-20-30-26-16-10-8-14-24(26)28/h7-10,13-20H,1-6,11-12,21-22H2. The highest BCUT2D eigenvalue weighted by Gasteiger charge is 2.03. The van der Waals surface area contributed by atoms with Crippen molar-refractivity contribution in [3.8, 4) is 0 Å². The Bertz CT molecular complexity index is 1010. The molecule has 0 aliphatic rings. The molecule has 0 unspecified atom stereocenters. The van der Waals surface area contributed by atoms with Gasteiger partial charge in [-0.2, -0.15) is 0 Å². The number of unbranched alkanes of at least 4 members (excludes halogenated alkanes) is 7. The molecule has 166 valence electrons. The van der Waals surface area contributed by atoms with E-state index in [1.807, 2.05) is 35.9 Å². The van der Waals surface area contributed by atoms with Crippen molar-refractivity contribution in [1.82, 2.24) is 9.97 Å². The van der Waals surface area contributed by atoms with Crippen LogP contribution in [0.25, 0.3) is 21.8 Å². The van der Waals surface area contributed by atoms with Crippen molar-refractivity contribution in [2.24, 2.45) is 0 Å². The fourth-order valence-electron chi connectivity index (χ4n) is 4.02. The van der Waals surface area contributed by atoms with Crippen LogP contribution >= 0.6 is 23.5 Å². The van der Waals surface area contributed by atoms with Gasteiger partial charge in [0, 0.05) is 33.0 Å². The Hall–Kier alpha value is -2.04. The number of nitrogens with zero attached hydrogens (tertiary/aromatic N) is 2. The molecule has 0 spiro atoms. The van der Waals surface area contributed by atoms with Gasteiger partial charge in [-0.25, -0.2) is 0 Å². The summed E-state index contributed by atoms with van der Waals surface area (Å²) in [6.07, 6.45) is 14.7. The zero-order valence-corrected chi connectivity index (χ0v) is 20.3. The molecular formula is C28H32N2S2. The van der Waals surface area contributed by atoms with Gasteiger partial charge in [-0.3, -0.25) is 9.97 Å². The number of benzene rings is 2. The van der Waals surface area contributed by atoms with Crippen molar-refractivity contribution in [2.75, 3.05) is 11.5 Å². The van der Waals surface area contributed by atoms with Crippen LogP contribution in [0.4, 0.5) is 0 Å². The molecule has 2 aromatic heterocycles. The van der Waals surface area contributed by atoms with E-state index in [-0.39, 0.29) is 0 Å². The minimum Gasteiger partial charge on any atom is -0.256 e. The third-order valence-electron chi connectivity index (χ3n) is 5.77. The predicted octanol–water partition coefficient (Wildman–Crippen LogP) is 8.79. The van der Waals surface area contributed by atoms with Crippen LogP contribution in [0.15, 0.2) is 82.8 Å². The molecule has 0 N–H and O–H groups in total. The number of para-hydroxylation sites is 2. The van der Waals surface area contributed by atoms with E-state index in [4.69, 9.17) is 0 Å². The summed E-state index contributed by atoms with van der Waals surface area (Å²) in [5.41, 5.74) is 2.20. The molecule has 2 nitrogen and oxygen atoms in total. The third kappa shape index (κ3) is 6.73. The van der Waals surface area contributed by atoms with Gasteiger partial charge in [0.25, 0.3) is 0 Å². The molecule has 32 heavy (non-hydrogen) atoms. The maximum atomic E-state index is 4.46. The van der Waals surface area contributed by atoms with E-state index in [1.165, 1.54) is 83.4 Å². The number of aromatic nitrogens is 2. The lowest BCUT2D eigenvalue weighted by Crippen LogP contribution is -1.87. The normalized spacial score (nSPS) is 11.4. The monoisotopic (exact) mass is 460 g/mol. The summed E-state index contributed by atoms with van der Waals surface area (Å²) >= 11 is 3.96. The minimum atomic E-state index is 1.10. The Morgan fingerprint density at radius 2 is 0.875 bits per heavy atom. The van der Waals surface area contributed by atoms with Crippen LogP contribution in [0.3, 0.4) is 0 Å². The molecule has 0 radical (unpaired) electrons. The highest BCUT2D eigenvalue weighted by atomic mass is 32.2. The second-order valence-electron chi connectivity index (χ2n) is 8.18. The van der Waals surface area contributed by atoms with Crippen molar-refractivity contribution in [1.29, 1.82) is 0 Å². The maximum Gasteiger partial charge on any atom is 0.0713 e. The number of thioether (sulfide) groups is 2. The van der Waals surface area contributed by atoms with E-state index in [9.17, 15) is 0 Å². The van der Waals surface area contributed by atoms with E-state index in [0.29, 0.717) is 0 Å². The van der Waals surface area contributed by atoms with E-state index >= 15 is 0 Å². The molecule has 0 atom stereocenters.